The van der Waals surface area contributed by atoms with Crippen molar-refractivity contribution in [2.45, 2.75) is 18.1 Å². The van der Waals surface area contributed by atoms with Gasteiger partial charge >= 0.3 is 0 Å². The Kier molecular flexibility index (Phi) is 7.89. The molecule has 0 spiro atoms. The first-order chi connectivity index (χ1) is 7.58. The van der Waals surface area contributed by atoms with E-state index >= 15 is 0 Å². The van der Waals surface area contributed by atoms with Crippen LogP contribution >= 0.6 is 24.8 Å². The minimum atomic E-state index is -2.75. The number of morpholine rings is 1. The number of nitrogens with one attached hydrogen (secondary N) is 1. The molecule has 0 saturated carbocycles. The summed E-state index contributed by atoms with van der Waals surface area (Å²) >= 11 is 0. The van der Waals surface area contributed by atoms with Crippen molar-refractivity contribution in [3.63, 3.8) is 0 Å². The molecular weight excluding hydrogens is 289 g/mol. The second-order valence-corrected chi connectivity index (χ2v) is 4.47. The molecule has 0 aromatic carbocycles. The predicted molar refractivity (Wildman–Crippen MR) is 69.3 cm³/mol. The molecule has 2 aliphatic heterocycles. The molecule has 8 heteroatoms. The minimum Gasteiger partial charge on any atom is -0.373 e. The van der Waals surface area contributed by atoms with Crippen LogP contribution in [0.25, 0.3) is 0 Å². The molecule has 2 saturated heterocycles. The van der Waals surface area contributed by atoms with Gasteiger partial charge in [0.1, 0.15) is 6.10 Å². The van der Waals surface area contributed by atoms with E-state index in [-0.39, 0.29) is 50.6 Å². The Morgan fingerprint density at radius 2 is 2.17 bits per heavy atom. The normalized spacial score (nSPS) is 31.5. The lowest BCUT2D eigenvalue weighted by Crippen LogP contribution is -2.44. The van der Waals surface area contributed by atoms with Crippen molar-refractivity contribution in [1.82, 2.24) is 10.2 Å². The van der Waals surface area contributed by atoms with Crippen molar-refractivity contribution < 1.29 is 18.3 Å². The Balaban J connectivity index is 0.00000144. The largest absolute Gasteiger partial charge is 0.373 e. The summed E-state index contributed by atoms with van der Waals surface area (Å²) in [5.41, 5.74) is 0. The van der Waals surface area contributed by atoms with Gasteiger partial charge in [-0.1, -0.05) is 0 Å². The van der Waals surface area contributed by atoms with Crippen molar-refractivity contribution in [3.8, 4) is 0 Å². The van der Waals surface area contributed by atoms with Gasteiger partial charge in [-0.05, 0) is 7.05 Å². The number of hydrogen-bond acceptors (Lipinski definition) is 4. The zero-order chi connectivity index (χ0) is 11.6. The highest BCUT2D eigenvalue weighted by molar-refractivity contribution is 5.85. The highest BCUT2D eigenvalue weighted by Crippen LogP contribution is 2.24. The fourth-order valence-corrected chi connectivity index (χ4v) is 2.01. The maximum atomic E-state index is 13.2. The first-order valence-electron chi connectivity index (χ1n) is 5.58. The Bertz CT molecular complexity index is 250. The third-order valence-corrected chi connectivity index (χ3v) is 2.99. The van der Waals surface area contributed by atoms with Gasteiger partial charge in [0.25, 0.3) is 5.92 Å². The number of nitrogens with zero attached hydrogens (tertiary/aromatic N) is 1. The van der Waals surface area contributed by atoms with E-state index in [9.17, 15) is 8.78 Å². The molecule has 0 radical (unpaired) electrons. The summed E-state index contributed by atoms with van der Waals surface area (Å²) in [5.74, 6) is -2.75. The quantitative estimate of drug-likeness (QED) is 0.835. The van der Waals surface area contributed by atoms with E-state index in [0.717, 1.165) is 13.1 Å². The zero-order valence-corrected chi connectivity index (χ0v) is 11.9. The maximum Gasteiger partial charge on any atom is 0.287 e. The van der Waals surface area contributed by atoms with Gasteiger partial charge in [0.05, 0.1) is 25.9 Å². The van der Waals surface area contributed by atoms with E-state index in [4.69, 9.17) is 9.47 Å². The number of likely N-dealkylation sites (N-methyl/N-ethyl adjacent to an activating group) is 1. The molecule has 2 heterocycles. The summed E-state index contributed by atoms with van der Waals surface area (Å²) in [6.45, 7) is 2.44. The smallest absolute Gasteiger partial charge is 0.287 e. The summed E-state index contributed by atoms with van der Waals surface area (Å²) < 4.78 is 37.1. The molecule has 2 fully saturated rings. The predicted octanol–water partition coefficient (Wildman–Crippen LogP) is 0.784. The van der Waals surface area contributed by atoms with E-state index < -0.39 is 12.0 Å². The molecule has 0 amide bonds. The van der Waals surface area contributed by atoms with E-state index in [1.54, 1.807) is 0 Å². The van der Waals surface area contributed by atoms with Crippen LogP contribution < -0.4 is 5.32 Å². The summed E-state index contributed by atoms with van der Waals surface area (Å²) in [4.78, 5) is 2.11. The van der Waals surface area contributed by atoms with E-state index in [0.29, 0.717) is 6.61 Å². The van der Waals surface area contributed by atoms with Crippen LogP contribution in [0.15, 0.2) is 0 Å². The van der Waals surface area contributed by atoms with Crippen LogP contribution in [0.4, 0.5) is 8.78 Å². The van der Waals surface area contributed by atoms with Crippen molar-refractivity contribution in [3.05, 3.63) is 0 Å². The molecule has 1 N–H and O–H groups in total. The molecule has 4 nitrogen and oxygen atoms in total. The van der Waals surface area contributed by atoms with Gasteiger partial charge in [-0.15, -0.1) is 24.8 Å². The number of ether oxygens (including phenoxy) is 2. The number of rotatable bonds is 3. The van der Waals surface area contributed by atoms with Crippen LogP contribution in [0.3, 0.4) is 0 Å². The van der Waals surface area contributed by atoms with Gasteiger partial charge in [0, 0.05) is 19.6 Å². The third-order valence-electron chi connectivity index (χ3n) is 2.99. The average molecular weight is 309 g/mol. The van der Waals surface area contributed by atoms with Crippen molar-refractivity contribution >= 4 is 24.8 Å². The summed E-state index contributed by atoms with van der Waals surface area (Å²) in [6, 6.07) is 0. The molecular formula is C10H20Cl2F2N2O2. The van der Waals surface area contributed by atoms with Crippen molar-refractivity contribution in [1.29, 1.82) is 0 Å². The second-order valence-electron chi connectivity index (χ2n) is 4.47. The molecule has 110 valence electrons. The highest BCUT2D eigenvalue weighted by Gasteiger charge is 2.45. The van der Waals surface area contributed by atoms with Crippen molar-refractivity contribution in [2.24, 2.45) is 0 Å². The van der Waals surface area contributed by atoms with Gasteiger partial charge in [-0.2, -0.15) is 0 Å². The fourth-order valence-electron chi connectivity index (χ4n) is 2.01. The van der Waals surface area contributed by atoms with E-state index in [1.165, 1.54) is 0 Å². The highest BCUT2D eigenvalue weighted by atomic mass is 35.5. The lowest BCUT2D eigenvalue weighted by Gasteiger charge is -2.31. The van der Waals surface area contributed by atoms with Crippen LogP contribution in [0.1, 0.15) is 0 Å². The molecule has 0 aliphatic carbocycles. The number of halogens is 4. The zero-order valence-electron chi connectivity index (χ0n) is 10.2. The lowest BCUT2D eigenvalue weighted by atomic mass is 10.2. The van der Waals surface area contributed by atoms with Gasteiger partial charge < -0.3 is 19.7 Å². The van der Waals surface area contributed by atoms with E-state index in [2.05, 4.69) is 10.2 Å². The monoisotopic (exact) mass is 308 g/mol. The molecule has 0 aromatic rings. The maximum absolute atomic E-state index is 13.2. The molecule has 2 atom stereocenters. The standard InChI is InChI=1S/C10H18F2N2O2.2ClH/c1-14-2-3-15-8(5-14)6-16-9-4-13-7-10(9,11)12;;/h8-9,13H,2-7H2,1H3;2*1H. The Labute approximate surface area is 118 Å². The van der Waals surface area contributed by atoms with Crippen LogP contribution in [-0.2, 0) is 9.47 Å². The van der Waals surface area contributed by atoms with Crippen LogP contribution in [0.5, 0.6) is 0 Å². The lowest BCUT2D eigenvalue weighted by molar-refractivity contribution is -0.136. The Morgan fingerprint density at radius 3 is 2.72 bits per heavy atom. The fraction of sp³-hybridized carbons (Fsp3) is 1.00. The number of hydrogen-bond donors (Lipinski definition) is 1. The molecule has 18 heavy (non-hydrogen) atoms. The summed E-state index contributed by atoms with van der Waals surface area (Å²) in [7, 11) is 1.99. The molecule has 2 rings (SSSR count). The second kappa shape index (κ2) is 7.77. The summed E-state index contributed by atoms with van der Waals surface area (Å²) in [5, 5.41) is 2.63. The average Bonchev–Trinajstić information content (AvgIpc) is 2.55. The van der Waals surface area contributed by atoms with Crippen molar-refractivity contribution in [2.75, 3.05) is 46.4 Å². The minimum absolute atomic E-state index is 0. The molecule has 0 aromatic heterocycles. The Hall–Kier alpha value is 0.280. The van der Waals surface area contributed by atoms with Gasteiger partial charge in [-0.25, -0.2) is 8.78 Å². The van der Waals surface area contributed by atoms with Crippen LogP contribution in [0, 0.1) is 0 Å². The topological polar surface area (TPSA) is 33.7 Å². The van der Waals surface area contributed by atoms with Gasteiger partial charge in [0.2, 0.25) is 0 Å². The molecule has 2 unspecified atom stereocenters. The molecule has 0 bridgehead atoms. The summed E-state index contributed by atoms with van der Waals surface area (Å²) in [6.07, 6.45) is -1.10. The van der Waals surface area contributed by atoms with E-state index in [1.807, 2.05) is 7.05 Å². The molecule has 2 aliphatic rings. The Morgan fingerprint density at radius 1 is 1.44 bits per heavy atom. The SMILES string of the molecule is CN1CCOC(COC2CNCC2(F)F)C1.Cl.Cl. The first kappa shape index (κ1) is 18.3. The van der Waals surface area contributed by atoms with Crippen LogP contribution in [-0.4, -0.2) is 69.5 Å². The number of alkyl halides is 2. The van der Waals surface area contributed by atoms with Gasteiger partial charge in [-0.3, -0.25) is 0 Å². The first-order valence-corrected chi connectivity index (χ1v) is 5.58. The third kappa shape index (κ3) is 4.75. The van der Waals surface area contributed by atoms with Gasteiger partial charge in [0.15, 0.2) is 0 Å². The van der Waals surface area contributed by atoms with Crippen LogP contribution in [0.2, 0.25) is 0 Å².